The summed E-state index contributed by atoms with van der Waals surface area (Å²) in [5.74, 6) is -0.0676. The van der Waals surface area contributed by atoms with Crippen LogP contribution in [-0.4, -0.2) is 10.9 Å². The molecule has 2 heterocycles. The predicted octanol–water partition coefficient (Wildman–Crippen LogP) is 3.78. The van der Waals surface area contributed by atoms with Crippen molar-refractivity contribution < 1.29 is 17.2 Å². The van der Waals surface area contributed by atoms with Crippen molar-refractivity contribution in [2.75, 3.05) is 5.32 Å². The van der Waals surface area contributed by atoms with Crippen molar-refractivity contribution in [3.63, 3.8) is 0 Å². The van der Waals surface area contributed by atoms with E-state index < -0.39 is 0 Å². The summed E-state index contributed by atoms with van der Waals surface area (Å²) in [5, 5.41) is 4.22. The minimum absolute atomic E-state index is 0. The number of thiophene rings is 1. The number of rotatable bonds is 3. The fourth-order valence-corrected chi connectivity index (χ4v) is 5.69. The lowest BCUT2D eigenvalue weighted by atomic mass is 9.91. The Hall–Kier alpha value is -2.69. The molecule has 4 aromatic rings. The Morgan fingerprint density at radius 3 is 2.58 bits per heavy atom. The van der Waals surface area contributed by atoms with E-state index in [1.165, 1.54) is 52.3 Å². The molecule has 1 N–H and O–H groups in total. The maximum atomic E-state index is 11.5. The number of hydrogen-bond acceptors (Lipinski definition) is 3. The molecule has 3 nitrogen and oxygen atoms in total. The Kier molecular flexibility index (Phi) is 6.12. The predicted molar refractivity (Wildman–Crippen MR) is 126 cm³/mol. The molecular formula is C26H24ClN2OS-. The lowest BCUT2D eigenvalue weighted by Gasteiger charge is -2.14. The van der Waals surface area contributed by atoms with Gasteiger partial charge in [-0.2, -0.15) is 0 Å². The van der Waals surface area contributed by atoms with Crippen molar-refractivity contribution in [3.05, 3.63) is 70.6 Å². The summed E-state index contributed by atoms with van der Waals surface area (Å²) in [6, 6.07) is 18.9. The Morgan fingerprint density at radius 1 is 1.00 bits per heavy atom. The zero-order chi connectivity index (χ0) is 20.7. The smallest absolute Gasteiger partial charge is 0.221 e. The molecule has 2 aromatic heterocycles. The molecule has 31 heavy (non-hydrogen) atoms. The molecule has 5 rings (SSSR count). The second kappa shape index (κ2) is 8.81. The van der Waals surface area contributed by atoms with Gasteiger partial charge in [-0.05, 0) is 67.5 Å². The van der Waals surface area contributed by atoms with Crippen LogP contribution in [0, 0.1) is 6.92 Å². The standard InChI is InChI=1S/C26H24N2OS.ClH/c1-16-7-5-8-18(13-16)22-15-23(19-9-6-10-20(14-19)27-17(2)29)28-26-25(22)21-11-3-4-12-24(21)30-26;/h5-10,13-15H,3-4,11-12H2,1-2H3,(H,27,29);1H/p-1. The van der Waals surface area contributed by atoms with Crippen molar-refractivity contribution in [1.29, 1.82) is 0 Å². The number of benzene rings is 2. The van der Waals surface area contributed by atoms with Crippen molar-refractivity contribution in [3.8, 4) is 22.4 Å². The Labute approximate surface area is 193 Å². The third-order valence-corrected chi connectivity index (χ3v) is 6.92. The minimum atomic E-state index is -0.0676. The summed E-state index contributed by atoms with van der Waals surface area (Å²) >= 11 is 1.86. The van der Waals surface area contributed by atoms with Gasteiger partial charge in [0.25, 0.3) is 0 Å². The molecule has 1 amide bonds. The van der Waals surface area contributed by atoms with Crippen LogP contribution in [0.1, 0.15) is 35.8 Å². The number of halogens is 1. The van der Waals surface area contributed by atoms with Gasteiger partial charge in [0.15, 0.2) is 0 Å². The molecule has 5 heteroatoms. The molecule has 0 spiro atoms. The van der Waals surface area contributed by atoms with Gasteiger partial charge >= 0.3 is 0 Å². The zero-order valence-corrected chi connectivity index (χ0v) is 19.2. The van der Waals surface area contributed by atoms with Crippen molar-refractivity contribution in [1.82, 2.24) is 4.98 Å². The molecule has 0 bridgehead atoms. The second-order valence-corrected chi connectivity index (χ2v) is 9.16. The molecule has 0 saturated heterocycles. The van der Waals surface area contributed by atoms with E-state index in [2.05, 4.69) is 48.6 Å². The number of nitrogens with one attached hydrogen (secondary N) is 1. The first kappa shape index (κ1) is 21.5. The van der Waals surface area contributed by atoms with E-state index in [9.17, 15) is 4.79 Å². The van der Waals surface area contributed by atoms with E-state index in [-0.39, 0.29) is 18.3 Å². The van der Waals surface area contributed by atoms with Gasteiger partial charge in [0.2, 0.25) is 5.91 Å². The van der Waals surface area contributed by atoms with Gasteiger partial charge in [-0.15, -0.1) is 11.3 Å². The SMILES string of the molecule is CC(=O)Nc1cccc(-c2cc(-c3cccc(C)c3)c3c4c(sc3n2)CCCC4)c1.[Cl-]. The number of nitrogens with zero attached hydrogens (tertiary/aromatic N) is 1. The average molecular weight is 448 g/mol. The monoisotopic (exact) mass is 447 g/mol. The maximum Gasteiger partial charge on any atom is 0.221 e. The lowest BCUT2D eigenvalue weighted by Crippen LogP contribution is -3.00. The number of carbonyl (C=O) groups is 1. The van der Waals surface area contributed by atoms with Crippen LogP contribution in [0.15, 0.2) is 54.6 Å². The third-order valence-electron chi connectivity index (χ3n) is 5.73. The molecule has 1 aliphatic carbocycles. The first-order valence-corrected chi connectivity index (χ1v) is 11.3. The molecule has 0 aliphatic heterocycles. The average Bonchev–Trinajstić information content (AvgIpc) is 3.11. The van der Waals surface area contributed by atoms with Crippen LogP contribution in [0.3, 0.4) is 0 Å². The van der Waals surface area contributed by atoms with E-state index in [1.807, 2.05) is 29.5 Å². The molecule has 2 aromatic carbocycles. The van der Waals surface area contributed by atoms with Crippen LogP contribution in [0.2, 0.25) is 0 Å². The van der Waals surface area contributed by atoms with Crippen LogP contribution in [-0.2, 0) is 17.6 Å². The zero-order valence-electron chi connectivity index (χ0n) is 17.7. The van der Waals surface area contributed by atoms with E-state index in [0.717, 1.165) is 34.6 Å². The van der Waals surface area contributed by atoms with Crippen LogP contribution < -0.4 is 17.7 Å². The van der Waals surface area contributed by atoms with Gasteiger partial charge in [-0.25, -0.2) is 4.98 Å². The highest BCUT2D eigenvalue weighted by molar-refractivity contribution is 7.19. The first-order chi connectivity index (χ1) is 14.6. The van der Waals surface area contributed by atoms with E-state index in [1.54, 1.807) is 0 Å². The summed E-state index contributed by atoms with van der Waals surface area (Å²) < 4.78 is 0. The molecule has 0 saturated carbocycles. The number of fused-ring (bicyclic) bond motifs is 3. The second-order valence-electron chi connectivity index (χ2n) is 8.08. The molecule has 0 fully saturated rings. The number of pyridine rings is 1. The van der Waals surface area contributed by atoms with E-state index >= 15 is 0 Å². The highest BCUT2D eigenvalue weighted by atomic mass is 35.5. The van der Waals surface area contributed by atoms with Crippen LogP contribution >= 0.6 is 11.3 Å². The molecule has 1 aliphatic rings. The quantitative estimate of drug-likeness (QED) is 0.519. The molecular weight excluding hydrogens is 424 g/mol. The highest BCUT2D eigenvalue weighted by Gasteiger charge is 2.21. The van der Waals surface area contributed by atoms with Crippen LogP contribution in [0.4, 0.5) is 5.69 Å². The van der Waals surface area contributed by atoms with Crippen molar-refractivity contribution >= 4 is 33.1 Å². The van der Waals surface area contributed by atoms with Gasteiger partial charge in [-0.1, -0.05) is 42.0 Å². The van der Waals surface area contributed by atoms with E-state index in [4.69, 9.17) is 4.98 Å². The number of hydrogen-bond donors (Lipinski definition) is 1. The Bertz CT molecular complexity index is 1280. The van der Waals surface area contributed by atoms with Crippen LogP contribution in [0.25, 0.3) is 32.6 Å². The van der Waals surface area contributed by atoms with Gasteiger partial charge in [-0.3, -0.25) is 4.79 Å². The summed E-state index contributed by atoms with van der Waals surface area (Å²) in [6.07, 6.45) is 4.84. The number of aromatic nitrogens is 1. The van der Waals surface area contributed by atoms with Crippen LogP contribution in [0.5, 0.6) is 0 Å². The van der Waals surface area contributed by atoms with Gasteiger partial charge < -0.3 is 17.7 Å². The summed E-state index contributed by atoms with van der Waals surface area (Å²) in [4.78, 5) is 19.2. The minimum Gasteiger partial charge on any atom is -1.00 e. The van der Waals surface area contributed by atoms with Gasteiger partial charge in [0.1, 0.15) is 4.83 Å². The number of carbonyl (C=O) groups excluding carboxylic acids is 1. The lowest BCUT2D eigenvalue weighted by molar-refractivity contribution is -0.114. The topological polar surface area (TPSA) is 42.0 Å². The summed E-state index contributed by atoms with van der Waals surface area (Å²) in [5.41, 5.74) is 8.04. The van der Waals surface area contributed by atoms with Crippen molar-refractivity contribution in [2.24, 2.45) is 0 Å². The summed E-state index contributed by atoms with van der Waals surface area (Å²) in [7, 11) is 0. The van der Waals surface area contributed by atoms with Gasteiger partial charge in [0.05, 0.1) is 5.69 Å². The maximum absolute atomic E-state index is 11.5. The largest absolute Gasteiger partial charge is 1.00 e. The molecule has 0 atom stereocenters. The Balaban J connectivity index is 0.00000231. The fraction of sp³-hybridized carbons (Fsp3) is 0.231. The van der Waals surface area contributed by atoms with Gasteiger partial charge in [0, 0.05) is 28.4 Å². The Morgan fingerprint density at radius 2 is 1.77 bits per heavy atom. The normalized spacial score (nSPS) is 12.8. The number of aryl methyl sites for hydroxylation is 3. The van der Waals surface area contributed by atoms with Crippen molar-refractivity contribution in [2.45, 2.75) is 39.5 Å². The number of amides is 1. The highest BCUT2D eigenvalue weighted by Crippen LogP contribution is 2.42. The molecule has 0 radical (unpaired) electrons. The fourth-order valence-electron chi connectivity index (χ4n) is 4.41. The molecule has 0 unspecified atom stereocenters. The summed E-state index contributed by atoms with van der Waals surface area (Å²) in [6.45, 7) is 3.67. The van der Waals surface area contributed by atoms with E-state index in [0.29, 0.717) is 0 Å². The molecule has 158 valence electrons. The number of anilines is 1. The third kappa shape index (κ3) is 4.23. The first-order valence-electron chi connectivity index (χ1n) is 10.5.